The van der Waals surface area contributed by atoms with E-state index in [1.807, 2.05) is 48.5 Å². The van der Waals surface area contributed by atoms with Crippen molar-refractivity contribution >= 4 is 53.0 Å². The van der Waals surface area contributed by atoms with Gasteiger partial charge in [0.15, 0.2) is 0 Å². The van der Waals surface area contributed by atoms with E-state index in [9.17, 15) is 33.6 Å². The maximum Gasteiger partial charge on any atom is 0.407 e. The molecule has 0 spiro atoms. The lowest BCUT2D eigenvalue weighted by atomic mass is 9.98. The number of hydrogen-bond donors (Lipinski definition) is 6. The van der Waals surface area contributed by atoms with Gasteiger partial charge < -0.3 is 41.4 Å². The summed E-state index contributed by atoms with van der Waals surface area (Å²) in [7, 11) is 0. The number of rotatable bonds is 14. The van der Waals surface area contributed by atoms with Crippen LogP contribution in [-0.4, -0.2) is 78.0 Å². The summed E-state index contributed by atoms with van der Waals surface area (Å²) in [4.78, 5) is 92.5. The van der Waals surface area contributed by atoms with E-state index in [1.165, 1.54) is 20.8 Å². The number of esters is 1. The van der Waals surface area contributed by atoms with Crippen LogP contribution >= 0.6 is 0 Å². The second kappa shape index (κ2) is 24.5. The van der Waals surface area contributed by atoms with E-state index in [0.29, 0.717) is 33.6 Å². The molecular formula is C61H58N6O9. The van der Waals surface area contributed by atoms with Crippen molar-refractivity contribution in [2.45, 2.75) is 84.2 Å². The summed E-state index contributed by atoms with van der Waals surface area (Å²) in [5.41, 5.74) is 6.34. The minimum absolute atomic E-state index is 0.0938. The van der Waals surface area contributed by atoms with E-state index < -0.39 is 71.4 Å². The highest BCUT2D eigenvalue weighted by Gasteiger charge is 2.30. The molecule has 6 amide bonds. The van der Waals surface area contributed by atoms with Gasteiger partial charge in [-0.05, 0) is 119 Å². The van der Waals surface area contributed by atoms with Crippen LogP contribution in [0.25, 0.3) is 11.1 Å². The maximum absolute atomic E-state index is 13.6. The lowest BCUT2D eigenvalue weighted by Gasteiger charge is -2.22. The number of benzene rings is 6. The number of ether oxygens (including phenoxy) is 2. The summed E-state index contributed by atoms with van der Waals surface area (Å²) < 4.78 is 11.0. The molecule has 15 nitrogen and oxygen atoms in total. The number of fused-ring (bicyclic) bond motifs is 3. The van der Waals surface area contributed by atoms with Crippen molar-refractivity contribution in [2.75, 3.05) is 17.2 Å². The average Bonchev–Trinajstić information content (AvgIpc) is 3.75. The second-order valence-corrected chi connectivity index (χ2v) is 19.0. The smallest absolute Gasteiger partial charge is 0.407 e. The molecular weight excluding hydrogens is 961 g/mol. The number of alkyl carbamates (subject to hydrolysis) is 1. The van der Waals surface area contributed by atoms with E-state index in [-0.39, 0.29) is 23.7 Å². The number of hydrogen-bond acceptors (Lipinski definition) is 9. The molecule has 15 heteroatoms. The summed E-state index contributed by atoms with van der Waals surface area (Å²) in [6.07, 6.45) is -0.737. The van der Waals surface area contributed by atoms with Crippen molar-refractivity contribution in [3.05, 3.63) is 190 Å². The number of para-hydroxylation sites is 2. The van der Waals surface area contributed by atoms with E-state index in [1.54, 1.807) is 125 Å². The Kier molecular flexibility index (Phi) is 17.5. The fraction of sp³-hybridized carbons (Fsp3) is 0.230. The summed E-state index contributed by atoms with van der Waals surface area (Å²) in [5, 5.41) is 16.2. The van der Waals surface area contributed by atoms with Crippen LogP contribution < -0.4 is 31.9 Å². The van der Waals surface area contributed by atoms with Crippen molar-refractivity contribution in [3.63, 3.8) is 0 Å². The summed E-state index contributed by atoms with van der Waals surface area (Å²) in [6.45, 7) is 11.4. The first kappa shape index (κ1) is 54.3. The topological polar surface area (TPSA) is 210 Å². The molecule has 6 N–H and O–H groups in total. The Bertz CT molecular complexity index is 3290. The summed E-state index contributed by atoms with van der Waals surface area (Å²) in [5.74, 6) is 8.54. The normalized spacial score (nSPS) is 12.9. The molecule has 7 rings (SSSR count). The predicted molar refractivity (Wildman–Crippen MR) is 290 cm³/mol. The highest BCUT2D eigenvalue weighted by atomic mass is 16.6. The molecule has 0 heterocycles. The van der Waals surface area contributed by atoms with Crippen molar-refractivity contribution in [3.8, 4) is 34.8 Å². The van der Waals surface area contributed by atoms with Gasteiger partial charge in [-0.25, -0.2) is 9.59 Å². The Balaban J connectivity index is 0.919. The van der Waals surface area contributed by atoms with Crippen LogP contribution in [0.4, 0.5) is 16.2 Å². The van der Waals surface area contributed by atoms with Gasteiger partial charge in [-0.15, -0.1) is 0 Å². The highest BCUT2D eigenvalue weighted by molar-refractivity contribution is 6.02. The minimum atomic E-state index is -1.08. The molecule has 0 radical (unpaired) electrons. The zero-order valence-electron chi connectivity index (χ0n) is 43.1. The molecule has 6 aromatic carbocycles. The first-order valence-corrected chi connectivity index (χ1v) is 24.6. The molecule has 0 fully saturated rings. The van der Waals surface area contributed by atoms with E-state index in [2.05, 4.69) is 55.6 Å². The number of nitrogens with one attached hydrogen (secondary N) is 6. The molecule has 0 aromatic heterocycles. The lowest BCUT2D eigenvalue weighted by Crippen LogP contribution is -2.50. The molecule has 386 valence electrons. The zero-order valence-corrected chi connectivity index (χ0v) is 43.1. The quantitative estimate of drug-likeness (QED) is 0.0460. The number of carbonyl (C=O) groups is 7. The number of carbonyl (C=O) groups excluding carboxylic acids is 7. The van der Waals surface area contributed by atoms with Crippen molar-refractivity contribution in [1.82, 2.24) is 21.3 Å². The standard InChI is InChI=1S/C61H58N6O9/c1-37(54(68)62-38(2)55(69)66-52-30-18-10-22-43(52)35-33-42-21-9-13-25-46(42)58(72)64-40(4)59(73)76-61(5,6)7)63-57(71)45-24-12-8-20-41(45)32-34-44-23-11-19-31-53(44)67-56(70)39(3)65-60(74)75-36-51-49-28-16-14-26-47(49)48-27-15-17-29-50(48)51/h8-31,37-40,51H,36H2,1-7H3,(H,62,68)(H,63,71)(H,64,72)(H,65,74)(H,66,69)(H,67,70)/t37-,38-,39-,40-/m0/s1. The molecule has 0 aliphatic heterocycles. The Morgan fingerprint density at radius 3 is 1.33 bits per heavy atom. The van der Waals surface area contributed by atoms with E-state index >= 15 is 0 Å². The number of anilines is 2. The molecule has 0 bridgehead atoms. The minimum Gasteiger partial charge on any atom is -0.458 e. The average molecular weight is 1020 g/mol. The van der Waals surface area contributed by atoms with Gasteiger partial charge in [0.05, 0.1) is 22.5 Å². The van der Waals surface area contributed by atoms with Gasteiger partial charge in [-0.2, -0.15) is 0 Å². The zero-order chi connectivity index (χ0) is 54.5. The summed E-state index contributed by atoms with van der Waals surface area (Å²) in [6, 6.07) is 38.8. The lowest BCUT2D eigenvalue weighted by molar-refractivity contribution is -0.156. The first-order chi connectivity index (χ1) is 36.4. The maximum atomic E-state index is 13.6. The first-order valence-electron chi connectivity index (χ1n) is 24.6. The molecule has 0 saturated carbocycles. The van der Waals surface area contributed by atoms with Crippen LogP contribution in [0.5, 0.6) is 0 Å². The van der Waals surface area contributed by atoms with Crippen molar-refractivity contribution in [2.24, 2.45) is 0 Å². The van der Waals surface area contributed by atoms with Crippen LogP contribution in [0.3, 0.4) is 0 Å². The van der Waals surface area contributed by atoms with Crippen LogP contribution in [-0.2, 0) is 28.7 Å². The van der Waals surface area contributed by atoms with Gasteiger partial charge in [-0.1, -0.05) is 121 Å². The van der Waals surface area contributed by atoms with E-state index in [4.69, 9.17) is 9.47 Å². The monoisotopic (exact) mass is 1020 g/mol. The largest absolute Gasteiger partial charge is 0.458 e. The Labute approximate surface area is 441 Å². The Hall–Kier alpha value is -9.47. The molecule has 4 atom stereocenters. The molecule has 0 saturated heterocycles. The van der Waals surface area contributed by atoms with Gasteiger partial charge in [0.25, 0.3) is 11.8 Å². The van der Waals surface area contributed by atoms with Gasteiger partial charge in [0.2, 0.25) is 17.7 Å². The van der Waals surface area contributed by atoms with Gasteiger partial charge in [-0.3, -0.25) is 24.0 Å². The molecule has 6 aromatic rings. The third-order valence-electron chi connectivity index (χ3n) is 12.0. The predicted octanol–water partition coefficient (Wildman–Crippen LogP) is 8.07. The molecule has 0 unspecified atom stereocenters. The molecule has 1 aliphatic rings. The SMILES string of the molecule is C[C@H](NC(=O)OCC1c2ccccc2-c2ccccc21)C(=O)Nc1ccccc1C#Cc1ccccc1C(=O)N[C@@H](C)C(=O)N[C@@H](C)C(=O)Nc1ccccc1C#Cc1ccccc1C(=O)N[C@@H](C)C(=O)OC(C)(C)C. The van der Waals surface area contributed by atoms with Gasteiger partial charge >= 0.3 is 12.1 Å². The van der Waals surface area contributed by atoms with Crippen LogP contribution in [0.2, 0.25) is 0 Å². The number of amides is 6. The van der Waals surface area contributed by atoms with Crippen LogP contribution in [0, 0.1) is 23.7 Å². The van der Waals surface area contributed by atoms with Crippen LogP contribution in [0.1, 0.15) is 108 Å². The highest BCUT2D eigenvalue weighted by Crippen LogP contribution is 2.44. The Morgan fingerprint density at radius 1 is 0.461 bits per heavy atom. The Morgan fingerprint density at radius 2 is 0.842 bits per heavy atom. The third-order valence-corrected chi connectivity index (χ3v) is 12.0. The van der Waals surface area contributed by atoms with Gasteiger partial charge in [0.1, 0.15) is 36.4 Å². The molecule has 1 aliphatic carbocycles. The van der Waals surface area contributed by atoms with Crippen molar-refractivity contribution < 1.29 is 43.0 Å². The fourth-order valence-electron chi connectivity index (χ4n) is 8.08. The third kappa shape index (κ3) is 14.0. The molecule has 76 heavy (non-hydrogen) atoms. The second-order valence-electron chi connectivity index (χ2n) is 19.0. The summed E-state index contributed by atoms with van der Waals surface area (Å²) >= 11 is 0. The van der Waals surface area contributed by atoms with E-state index in [0.717, 1.165) is 22.3 Å². The van der Waals surface area contributed by atoms with Crippen LogP contribution in [0.15, 0.2) is 146 Å². The van der Waals surface area contributed by atoms with Gasteiger partial charge in [0, 0.05) is 28.2 Å². The fourth-order valence-corrected chi connectivity index (χ4v) is 8.08. The van der Waals surface area contributed by atoms with Crippen molar-refractivity contribution in [1.29, 1.82) is 0 Å².